The van der Waals surface area contributed by atoms with Crippen LogP contribution in [0.2, 0.25) is 0 Å². The predicted molar refractivity (Wildman–Crippen MR) is 84.0 cm³/mol. The molecule has 120 valence electrons. The van der Waals surface area contributed by atoms with Crippen molar-refractivity contribution < 1.29 is 14.3 Å². The molecule has 8 heteroatoms. The van der Waals surface area contributed by atoms with Crippen molar-refractivity contribution in [1.82, 2.24) is 15.0 Å². The molecule has 1 fully saturated rings. The highest BCUT2D eigenvalue weighted by atomic mass is 16.5. The van der Waals surface area contributed by atoms with Gasteiger partial charge in [-0.15, -0.1) is 0 Å². The van der Waals surface area contributed by atoms with Gasteiger partial charge in [-0.1, -0.05) is 0 Å². The molecule has 2 aromatic heterocycles. The van der Waals surface area contributed by atoms with Crippen LogP contribution in [0.1, 0.15) is 10.5 Å². The van der Waals surface area contributed by atoms with Crippen LogP contribution >= 0.6 is 0 Å². The van der Waals surface area contributed by atoms with Crippen molar-refractivity contribution in [3.8, 4) is 11.4 Å². The SMILES string of the molecule is COC(=O)c1cc(N2CCOCC2)nc(-c2ccc(N)nc2)n1. The van der Waals surface area contributed by atoms with Crippen LogP contribution in [0.15, 0.2) is 24.4 Å². The summed E-state index contributed by atoms with van der Waals surface area (Å²) in [4.78, 5) is 26.8. The number of hydrogen-bond donors (Lipinski definition) is 1. The van der Waals surface area contributed by atoms with Crippen molar-refractivity contribution in [1.29, 1.82) is 0 Å². The lowest BCUT2D eigenvalue weighted by atomic mass is 10.2. The van der Waals surface area contributed by atoms with Gasteiger partial charge in [-0.3, -0.25) is 0 Å². The fraction of sp³-hybridized carbons (Fsp3) is 0.333. The van der Waals surface area contributed by atoms with Crippen LogP contribution in [0.5, 0.6) is 0 Å². The van der Waals surface area contributed by atoms with Crippen molar-refractivity contribution in [3.63, 3.8) is 0 Å². The molecule has 2 N–H and O–H groups in total. The molecule has 23 heavy (non-hydrogen) atoms. The minimum Gasteiger partial charge on any atom is -0.464 e. The molecule has 1 aliphatic rings. The molecular formula is C15H17N5O3. The second-order valence-electron chi connectivity index (χ2n) is 5.00. The molecule has 3 rings (SSSR count). The number of anilines is 2. The number of methoxy groups -OCH3 is 1. The second kappa shape index (κ2) is 6.57. The number of nitrogens with two attached hydrogens (primary N) is 1. The Morgan fingerprint density at radius 1 is 1.30 bits per heavy atom. The van der Waals surface area contributed by atoms with Gasteiger partial charge < -0.3 is 20.1 Å². The highest BCUT2D eigenvalue weighted by molar-refractivity contribution is 5.88. The molecule has 0 aromatic carbocycles. The summed E-state index contributed by atoms with van der Waals surface area (Å²) in [6, 6.07) is 5.06. The molecule has 8 nitrogen and oxygen atoms in total. The third-order valence-corrected chi connectivity index (χ3v) is 3.49. The summed E-state index contributed by atoms with van der Waals surface area (Å²) in [5.41, 5.74) is 6.49. The molecule has 0 spiro atoms. The fourth-order valence-corrected chi connectivity index (χ4v) is 2.26. The number of aromatic nitrogens is 3. The van der Waals surface area contributed by atoms with Gasteiger partial charge in [0.25, 0.3) is 0 Å². The number of carbonyl (C=O) groups excluding carboxylic acids is 1. The molecule has 0 amide bonds. The van der Waals surface area contributed by atoms with Gasteiger partial charge in [0.15, 0.2) is 11.5 Å². The number of carbonyl (C=O) groups is 1. The summed E-state index contributed by atoms with van der Waals surface area (Å²) in [7, 11) is 1.32. The van der Waals surface area contributed by atoms with E-state index in [1.807, 2.05) is 4.90 Å². The molecular weight excluding hydrogens is 298 g/mol. The number of rotatable bonds is 3. The Morgan fingerprint density at radius 2 is 2.09 bits per heavy atom. The van der Waals surface area contributed by atoms with E-state index < -0.39 is 5.97 Å². The molecule has 1 aliphatic heterocycles. The topological polar surface area (TPSA) is 103 Å². The molecule has 2 aromatic rings. The number of morpholine rings is 1. The summed E-state index contributed by atoms with van der Waals surface area (Å²) in [6.07, 6.45) is 1.58. The van der Waals surface area contributed by atoms with Crippen LogP contribution in [0.3, 0.4) is 0 Å². The van der Waals surface area contributed by atoms with Gasteiger partial charge in [0.2, 0.25) is 0 Å². The number of pyridine rings is 1. The third kappa shape index (κ3) is 3.37. The normalized spacial score (nSPS) is 14.6. The van der Waals surface area contributed by atoms with Gasteiger partial charge in [0, 0.05) is 30.9 Å². The van der Waals surface area contributed by atoms with Gasteiger partial charge in [0.05, 0.1) is 20.3 Å². The van der Waals surface area contributed by atoms with Crippen LogP contribution < -0.4 is 10.6 Å². The van der Waals surface area contributed by atoms with Gasteiger partial charge in [0.1, 0.15) is 11.6 Å². The highest BCUT2D eigenvalue weighted by Gasteiger charge is 2.18. The number of ether oxygens (including phenoxy) is 2. The summed E-state index contributed by atoms with van der Waals surface area (Å²) in [5.74, 6) is 0.968. The summed E-state index contributed by atoms with van der Waals surface area (Å²) < 4.78 is 10.1. The zero-order chi connectivity index (χ0) is 16.2. The first-order valence-corrected chi connectivity index (χ1v) is 7.19. The molecule has 3 heterocycles. The number of nitrogen functional groups attached to an aromatic ring is 1. The lowest BCUT2D eigenvalue weighted by Crippen LogP contribution is -2.37. The molecule has 0 bridgehead atoms. The maximum absolute atomic E-state index is 11.9. The average molecular weight is 315 g/mol. The Labute approximate surface area is 133 Å². The van der Waals surface area contributed by atoms with E-state index in [0.29, 0.717) is 49.3 Å². The van der Waals surface area contributed by atoms with E-state index in [1.54, 1.807) is 24.4 Å². The maximum Gasteiger partial charge on any atom is 0.356 e. The molecule has 0 unspecified atom stereocenters. The molecule has 1 saturated heterocycles. The fourth-order valence-electron chi connectivity index (χ4n) is 2.26. The van der Waals surface area contributed by atoms with Crippen LogP contribution in [-0.2, 0) is 9.47 Å². The van der Waals surface area contributed by atoms with Crippen molar-refractivity contribution in [2.24, 2.45) is 0 Å². The van der Waals surface area contributed by atoms with E-state index in [0.717, 1.165) is 0 Å². The Hall–Kier alpha value is -2.74. The summed E-state index contributed by atoms with van der Waals surface area (Å²) in [5, 5.41) is 0. The Balaban J connectivity index is 2.03. The molecule has 0 radical (unpaired) electrons. The van der Waals surface area contributed by atoms with E-state index in [-0.39, 0.29) is 5.69 Å². The minimum absolute atomic E-state index is 0.204. The van der Waals surface area contributed by atoms with Crippen LogP contribution in [-0.4, -0.2) is 54.3 Å². The maximum atomic E-state index is 11.9. The number of nitrogens with zero attached hydrogens (tertiary/aromatic N) is 4. The largest absolute Gasteiger partial charge is 0.464 e. The predicted octanol–water partition coefficient (Wildman–Crippen LogP) is 0.744. The smallest absolute Gasteiger partial charge is 0.356 e. The molecule has 0 saturated carbocycles. The van der Waals surface area contributed by atoms with Crippen molar-refractivity contribution in [3.05, 3.63) is 30.1 Å². The van der Waals surface area contributed by atoms with E-state index in [1.165, 1.54) is 7.11 Å². The van der Waals surface area contributed by atoms with Crippen LogP contribution in [0.4, 0.5) is 11.6 Å². The first kappa shape index (κ1) is 15.2. The zero-order valence-corrected chi connectivity index (χ0v) is 12.7. The quantitative estimate of drug-likeness (QED) is 0.827. The summed E-state index contributed by atoms with van der Waals surface area (Å²) in [6.45, 7) is 2.65. The monoisotopic (exact) mass is 315 g/mol. The van der Waals surface area contributed by atoms with E-state index in [9.17, 15) is 4.79 Å². The van der Waals surface area contributed by atoms with E-state index >= 15 is 0 Å². The van der Waals surface area contributed by atoms with Crippen molar-refractivity contribution in [2.75, 3.05) is 44.0 Å². The molecule has 0 atom stereocenters. The lowest BCUT2D eigenvalue weighted by Gasteiger charge is -2.28. The first-order valence-electron chi connectivity index (χ1n) is 7.19. The average Bonchev–Trinajstić information content (AvgIpc) is 2.62. The van der Waals surface area contributed by atoms with Gasteiger partial charge in [-0.05, 0) is 12.1 Å². The van der Waals surface area contributed by atoms with Gasteiger partial charge in [-0.2, -0.15) is 0 Å². The first-order chi connectivity index (χ1) is 11.2. The van der Waals surface area contributed by atoms with E-state index in [2.05, 4.69) is 15.0 Å². The van der Waals surface area contributed by atoms with Crippen LogP contribution in [0, 0.1) is 0 Å². The second-order valence-corrected chi connectivity index (χ2v) is 5.00. The standard InChI is InChI=1S/C15H17N5O3/c1-22-15(21)11-8-13(20-4-6-23-7-5-20)19-14(18-11)10-2-3-12(16)17-9-10/h2-3,8-9H,4-7H2,1H3,(H2,16,17). The molecule has 0 aliphatic carbocycles. The Kier molecular flexibility index (Phi) is 4.33. The highest BCUT2D eigenvalue weighted by Crippen LogP contribution is 2.21. The Bertz CT molecular complexity index is 699. The Morgan fingerprint density at radius 3 is 2.74 bits per heavy atom. The zero-order valence-electron chi connectivity index (χ0n) is 12.7. The van der Waals surface area contributed by atoms with Crippen molar-refractivity contribution in [2.45, 2.75) is 0 Å². The van der Waals surface area contributed by atoms with Crippen LogP contribution in [0.25, 0.3) is 11.4 Å². The van der Waals surface area contributed by atoms with Gasteiger partial charge in [-0.25, -0.2) is 19.7 Å². The summed E-state index contributed by atoms with van der Waals surface area (Å²) >= 11 is 0. The van der Waals surface area contributed by atoms with Crippen molar-refractivity contribution >= 4 is 17.6 Å². The number of esters is 1. The number of hydrogen-bond acceptors (Lipinski definition) is 8. The third-order valence-electron chi connectivity index (χ3n) is 3.49. The van der Waals surface area contributed by atoms with E-state index in [4.69, 9.17) is 15.2 Å². The van der Waals surface area contributed by atoms with Gasteiger partial charge >= 0.3 is 5.97 Å². The lowest BCUT2D eigenvalue weighted by molar-refractivity contribution is 0.0594. The minimum atomic E-state index is -0.508.